The number of thiol groups is 1. The number of nitrogens with zero attached hydrogens (tertiary/aromatic N) is 1. The average Bonchev–Trinajstić information content (AvgIpc) is 3.71. The van der Waals surface area contributed by atoms with Crippen molar-refractivity contribution >= 4 is 45.1 Å². The third kappa shape index (κ3) is 5.30. The number of amides is 1. The lowest BCUT2D eigenvalue weighted by Gasteiger charge is -2.22. The molecule has 1 fully saturated rings. The topological polar surface area (TPSA) is 99.8 Å². The van der Waals surface area contributed by atoms with Crippen LogP contribution in [0.25, 0.3) is 22.3 Å². The van der Waals surface area contributed by atoms with E-state index < -0.39 is 22.8 Å². The summed E-state index contributed by atoms with van der Waals surface area (Å²) in [6, 6.07) is 14.1. The first kappa shape index (κ1) is 26.9. The van der Waals surface area contributed by atoms with Gasteiger partial charge in [0, 0.05) is 34.6 Å². The van der Waals surface area contributed by atoms with Gasteiger partial charge in [0.15, 0.2) is 0 Å². The van der Waals surface area contributed by atoms with E-state index in [9.17, 15) is 22.7 Å². The normalized spacial score (nSPS) is 14.0. The van der Waals surface area contributed by atoms with Crippen molar-refractivity contribution in [1.82, 2.24) is 5.32 Å². The second-order valence-electron chi connectivity index (χ2n) is 9.41. The number of benzene rings is 3. The monoisotopic (exact) mass is 568 g/mol. The van der Waals surface area contributed by atoms with Crippen molar-refractivity contribution in [1.29, 1.82) is 0 Å². The molecule has 1 heterocycles. The van der Waals surface area contributed by atoms with E-state index >= 15 is 0 Å². The molecule has 39 heavy (non-hydrogen) atoms. The van der Waals surface area contributed by atoms with Crippen LogP contribution in [0.2, 0.25) is 5.02 Å². The van der Waals surface area contributed by atoms with Gasteiger partial charge in [-0.1, -0.05) is 29.8 Å². The van der Waals surface area contributed by atoms with Crippen LogP contribution in [0.5, 0.6) is 0 Å². The number of carbonyl (C=O) groups is 1. The SMILES string of the molecule is C=CC(O)c1ccc(CN(c2cc3oc(-c4ccc(F)cc4)c(C(=O)NC)c3cc2C2CC2)[SH](=O)=O)cc1Cl. The Morgan fingerprint density at radius 3 is 2.54 bits per heavy atom. The second kappa shape index (κ2) is 10.8. The van der Waals surface area contributed by atoms with E-state index in [0.29, 0.717) is 43.9 Å². The van der Waals surface area contributed by atoms with E-state index in [4.69, 9.17) is 16.0 Å². The molecule has 1 aromatic heterocycles. The standard InChI is InChI=1S/C29H26ClFN2O5S/c1-3-25(34)20-11-4-16(12-23(20)30)15-33(39(36)37)24-14-26-22(13-21(24)17-5-6-17)27(29(35)32-2)28(38-26)18-7-9-19(31)10-8-18/h3-4,7-14,17,25,34,39H,1,5-6,15H2,2H3,(H,32,35). The minimum Gasteiger partial charge on any atom is -0.455 e. The Balaban J connectivity index is 1.64. The van der Waals surface area contributed by atoms with Crippen LogP contribution in [0, 0.1) is 5.82 Å². The van der Waals surface area contributed by atoms with Gasteiger partial charge in [0.05, 0.1) is 23.9 Å². The summed E-state index contributed by atoms with van der Waals surface area (Å²) in [6.45, 7) is 3.57. The summed E-state index contributed by atoms with van der Waals surface area (Å²) in [4.78, 5) is 13.0. The van der Waals surface area contributed by atoms with Crippen molar-refractivity contribution in [2.24, 2.45) is 0 Å². The minimum atomic E-state index is -3.07. The highest BCUT2D eigenvalue weighted by molar-refractivity contribution is 7.74. The van der Waals surface area contributed by atoms with E-state index in [-0.39, 0.29) is 24.1 Å². The number of fused-ring (bicyclic) bond motifs is 1. The third-order valence-corrected chi connectivity index (χ3v) is 7.91. The van der Waals surface area contributed by atoms with Crippen LogP contribution in [0.4, 0.5) is 10.1 Å². The summed E-state index contributed by atoms with van der Waals surface area (Å²) in [5.41, 5.74) is 3.49. The molecule has 0 saturated heterocycles. The zero-order valence-corrected chi connectivity index (χ0v) is 22.6. The van der Waals surface area contributed by atoms with Gasteiger partial charge in [0.1, 0.15) is 17.2 Å². The molecule has 0 radical (unpaired) electrons. The lowest BCUT2D eigenvalue weighted by Crippen LogP contribution is -2.22. The molecule has 1 aliphatic rings. The molecule has 0 spiro atoms. The fraction of sp³-hybridized carbons (Fsp3) is 0.207. The van der Waals surface area contributed by atoms with Gasteiger partial charge >= 0.3 is 0 Å². The summed E-state index contributed by atoms with van der Waals surface area (Å²) >= 11 is 6.36. The molecule has 1 amide bonds. The molecule has 5 rings (SSSR count). The van der Waals surface area contributed by atoms with Gasteiger partial charge in [-0.25, -0.2) is 12.8 Å². The van der Waals surface area contributed by atoms with Crippen molar-refractivity contribution in [2.75, 3.05) is 11.4 Å². The average molecular weight is 569 g/mol. The van der Waals surface area contributed by atoms with Crippen molar-refractivity contribution in [2.45, 2.75) is 31.4 Å². The van der Waals surface area contributed by atoms with Crippen molar-refractivity contribution in [3.8, 4) is 11.3 Å². The molecule has 0 aliphatic heterocycles. The smallest absolute Gasteiger partial charge is 0.255 e. The number of aliphatic hydroxyl groups excluding tert-OH is 1. The Morgan fingerprint density at radius 2 is 1.95 bits per heavy atom. The molecule has 7 nitrogen and oxygen atoms in total. The summed E-state index contributed by atoms with van der Waals surface area (Å²) in [6.07, 6.45) is 2.20. The highest BCUT2D eigenvalue weighted by atomic mass is 35.5. The number of anilines is 1. The fourth-order valence-electron chi connectivity index (χ4n) is 4.69. The molecule has 10 heteroatoms. The van der Waals surface area contributed by atoms with Crippen LogP contribution in [-0.2, 0) is 17.4 Å². The lowest BCUT2D eigenvalue weighted by atomic mass is 10.00. The fourth-order valence-corrected chi connectivity index (χ4v) is 5.63. The molecule has 1 aliphatic carbocycles. The minimum absolute atomic E-state index is 0.00193. The Labute approximate surface area is 231 Å². The number of halogens is 2. The second-order valence-corrected chi connectivity index (χ2v) is 10.8. The van der Waals surface area contributed by atoms with Crippen LogP contribution < -0.4 is 9.62 Å². The molecule has 1 unspecified atom stereocenters. The summed E-state index contributed by atoms with van der Waals surface area (Å²) in [5.74, 6) is -0.385. The number of aliphatic hydroxyl groups is 1. The molecular weight excluding hydrogens is 543 g/mol. The zero-order valence-electron chi connectivity index (χ0n) is 21.0. The number of nitrogens with one attached hydrogen (secondary N) is 1. The molecule has 202 valence electrons. The first-order chi connectivity index (χ1) is 18.7. The van der Waals surface area contributed by atoms with Gasteiger partial charge < -0.3 is 14.8 Å². The van der Waals surface area contributed by atoms with Crippen molar-refractivity contribution in [3.05, 3.63) is 100 Å². The molecule has 2 N–H and O–H groups in total. The first-order valence-corrected chi connectivity index (χ1v) is 13.8. The quantitative estimate of drug-likeness (QED) is 0.173. The van der Waals surface area contributed by atoms with E-state index in [1.165, 1.54) is 41.7 Å². The van der Waals surface area contributed by atoms with Gasteiger partial charge in [-0.15, -0.1) is 6.58 Å². The van der Waals surface area contributed by atoms with Crippen LogP contribution >= 0.6 is 11.6 Å². The lowest BCUT2D eigenvalue weighted by molar-refractivity contribution is 0.0964. The van der Waals surface area contributed by atoms with Crippen LogP contribution in [0.1, 0.15) is 51.9 Å². The van der Waals surface area contributed by atoms with Crippen molar-refractivity contribution < 1.29 is 27.1 Å². The molecule has 1 saturated carbocycles. The predicted molar refractivity (Wildman–Crippen MR) is 150 cm³/mol. The third-order valence-electron chi connectivity index (χ3n) is 6.83. The van der Waals surface area contributed by atoms with E-state index in [1.54, 1.807) is 24.3 Å². The highest BCUT2D eigenvalue weighted by Gasteiger charge is 2.32. The largest absolute Gasteiger partial charge is 0.455 e. The van der Waals surface area contributed by atoms with E-state index in [1.807, 2.05) is 6.07 Å². The molecule has 3 aromatic carbocycles. The summed E-state index contributed by atoms with van der Waals surface area (Å²) in [5, 5.41) is 13.5. The first-order valence-electron chi connectivity index (χ1n) is 12.3. The maximum Gasteiger partial charge on any atom is 0.255 e. The molecule has 0 bridgehead atoms. The van der Waals surface area contributed by atoms with Crippen molar-refractivity contribution in [3.63, 3.8) is 0 Å². The van der Waals surface area contributed by atoms with Crippen LogP contribution in [-0.4, -0.2) is 26.5 Å². The number of furan rings is 1. The van der Waals surface area contributed by atoms with Gasteiger partial charge in [-0.05, 0) is 66.3 Å². The summed E-state index contributed by atoms with van der Waals surface area (Å²) in [7, 11) is -1.55. The Hall–Kier alpha value is -3.66. The molecule has 1 atom stereocenters. The number of hydrogen-bond donors (Lipinski definition) is 3. The Bertz CT molecular complexity index is 1650. The van der Waals surface area contributed by atoms with E-state index in [0.717, 1.165) is 18.4 Å². The van der Waals surface area contributed by atoms with Crippen LogP contribution in [0.15, 0.2) is 71.7 Å². The summed E-state index contributed by atoms with van der Waals surface area (Å²) < 4.78 is 46.1. The molecule has 4 aromatic rings. The molecular formula is C29H26ClFN2O5S. The van der Waals surface area contributed by atoms with Gasteiger partial charge in [-0.3, -0.25) is 9.10 Å². The Kier molecular flexibility index (Phi) is 7.48. The highest BCUT2D eigenvalue weighted by Crippen LogP contribution is 2.48. The number of carbonyl (C=O) groups excluding carboxylic acids is 1. The number of rotatable bonds is 9. The van der Waals surface area contributed by atoms with Crippen LogP contribution in [0.3, 0.4) is 0 Å². The zero-order chi connectivity index (χ0) is 27.8. The Morgan fingerprint density at radius 1 is 1.23 bits per heavy atom. The maximum absolute atomic E-state index is 13.6. The predicted octanol–water partition coefficient (Wildman–Crippen LogP) is 5.88. The number of hydrogen-bond acceptors (Lipinski definition) is 5. The maximum atomic E-state index is 13.6. The van der Waals surface area contributed by atoms with Gasteiger partial charge in [0.25, 0.3) is 5.91 Å². The van der Waals surface area contributed by atoms with E-state index in [2.05, 4.69) is 11.9 Å². The van der Waals surface area contributed by atoms with Gasteiger partial charge in [0.2, 0.25) is 10.9 Å². The van der Waals surface area contributed by atoms with Gasteiger partial charge in [-0.2, -0.15) is 0 Å².